The Kier molecular flexibility index (Phi) is 9.71. The van der Waals surface area contributed by atoms with Gasteiger partial charge in [0.05, 0.1) is 22.8 Å². The van der Waals surface area contributed by atoms with E-state index in [9.17, 15) is 13.2 Å². The van der Waals surface area contributed by atoms with Crippen molar-refractivity contribution in [1.29, 1.82) is 0 Å². The van der Waals surface area contributed by atoms with Crippen molar-refractivity contribution in [2.24, 2.45) is 10.2 Å². The van der Waals surface area contributed by atoms with Crippen molar-refractivity contribution in [3.8, 4) is 0 Å². The maximum atomic E-state index is 12.4. The van der Waals surface area contributed by atoms with Crippen LogP contribution in [0.1, 0.15) is 26.7 Å². The molecule has 9 nitrogen and oxygen atoms in total. The third kappa shape index (κ3) is 7.99. The predicted octanol–water partition coefficient (Wildman–Crippen LogP) is 6.09. The van der Waals surface area contributed by atoms with Gasteiger partial charge in [0.1, 0.15) is 6.61 Å². The van der Waals surface area contributed by atoms with Crippen molar-refractivity contribution >= 4 is 49.5 Å². The Hall–Kier alpha value is -3.57. The summed E-state index contributed by atoms with van der Waals surface area (Å²) in [5.41, 5.74) is 2.56. The maximum Gasteiger partial charge on any atom is 0.333 e. The minimum Gasteiger partial charge on any atom is -0.460 e. The zero-order valence-corrected chi connectivity index (χ0v) is 21.9. The van der Waals surface area contributed by atoms with Gasteiger partial charge in [-0.2, -0.15) is 10.2 Å². The number of sulfonamides is 1. The normalized spacial score (nSPS) is 11.4. The average molecular weight is 528 g/mol. The number of hydrogen-bond donors (Lipinski definition) is 1. The number of thiazole rings is 1. The van der Waals surface area contributed by atoms with Crippen LogP contribution in [0.25, 0.3) is 0 Å². The van der Waals surface area contributed by atoms with E-state index in [1.807, 2.05) is 24.3 Å². The van der Waals surface area contributed by atoms with Crippen LogP contribution >= 0.6 is 11.3 Å². The van der Waals surface area contributed by atoms with E-state index in [1.54, 1.807) is 24.4 Å². The Morgan fingerprint density at radius 1 is 1.08 bits per heavy atom. The van der Waals surface area contributed by atoms with E-state index in [1.165, 1.54) is 29.7 Å². The molecule has 0 fully saturated rings. The first-order valence-corrected chi connectivity index (χ1v) is 13.8. The second-order valence-electron chi connectivity index (χ2n) is 7.91. The SMILES string of the molecule is C=C(C)C(=O)OCCN(CCCC)c1ccc(N=Nc2ccc(S(=O)(=O)Nc3nccs3)cc2)cc1. The number of ether oxygens (including phenoxy) is 1. The number of azo groups is 1. The fourth-order valence-corrected chi connectivity index (χ4v) is 4.86. The number of nitrogens with zero attached hydrogens (tertiary/aromatic N) is 4. The zero-order chi connectivity index (χ0) is 26.0. The van der Waals surface area contributed by atoms with E-state index in [-0.39, 0.29) is 17.5 Å². The number of anilines is 2. The number of benzene rings is 2. The Labute approximate surface area is 215 Å². The number of rotatable bonds is 13. The molecule has 1 N–H and O–H groups in total. The van der Waals surface area contributed by atoms with Gasteiger partial charge in [0.15, 0.2) is 5.13 Å². The van der Waals surface area contributed by atoms with Crippen molar-refractivity contribution < 1.29 is 17.9 Å². The predicted molar refractivity (Wildman–Crippen MR) is 143 cm³/mol. The standard InChI is InChI=1S/C25H29N5O4S2/c1-4-5-15-30(16-17-34-24(31)19(2)3)22-10-6-20(7-11-22)27-28-21-8-12-23(13-9-21)36(32,33)29-25-26-14-18-35-25/h6-14,18H,2,4-5,15-17H2,1,3H3,(H,26,29). The first-order chi connectivity index (χ1) is 17.3. The summed E-state index contributed by atoms with van der Waals surface area (Å²) in [5.74, 6) is -0.386. The first kappa shape index (κ1) is 27.0. The van der Waals surface area contributed by atoms with E-state index in [2.05, 4.69) is 38.3 Å². The molecule has 0 radical (unpaired) electrons. The number of carbonyl (C=O) groups excluding carboxylic acids is 1. The number of aromatic nitrogens is 1. The lowest BCUT2D eigenvalue weighted by atomic mass is 10.2. The topological polar surface area (TPSA) is 113 Å². The van der Waals surface area contributed by atoms with Crippen molar-refractivity contribution in [3.05, 3.63) is 72.3 Å². The van der Waals surface area contributed by atoms with Crippen LogP contribution in [0.2, 0.25) is 0 Å². The molecule has 0 aliphatic carbocycles. The molecule has 0 spiro atoms. The molecule has 0 unspecified atom stereocenters. The summed E-state index contributed by atoms with van der Waals surface area (Å²) >= 11 is 1.20. The highest BCUT2D eigenvalue weighted by Crippen LogP contribution is 2.24. The fraction of sp³-hybridized carbons (Fsp3) is 0.280. The van der Waals surface area contributed by atoms with Gasteiger partial charge in [-0.1, -0.05) is 19.9 Å². The summed E-state index contributed by atoms with van der Waals surface area (Å²) in [7, 11) is -3.71. The van der Waals surface area contributed by atoms with Crippen molar-refractivity contribution in [2.75, 3.05) is 29.3 Å². The van der Waals surface area contributed by atoms with Crippen LogP contribution < -0.4 is 9.62 Å². The van der Waals surface area contributed by atoms with Gasteiger partial charge in [-0.25, -0.2) is 18.2 Å². The van der Waals surface area contributed by atoms with Gasteiger partial charge < -0.3 is 9.64 Å². The van der Waals surface area contributed by atoms with Crippen LogP contribution in [-0.2, 0) is 19.6 Å². The van der Waals surface area contributed by atoms with Crippen molar-refractivity contribution in [1.82, 2.24) is 4.98 Å². The maximum absolute atomic E-state index is 12.4. The van der Waals surface area contributed by atoms with E-state index in [0.29, 0.717) is 28.6 Å². The van der Waals surface area contributed by atoms with E-state index in [4.69, 9.17) is 4.74 Å². The summed E-state index contributed by atoms with van der Waals surface area (Å²) < 4.78 is 32.6. The summed E-state index contributed by atoms with van der Waals surface area (Å²) in [6, 6.07) is 13.7. The highest BCUT2D eigenvalue weighted by Gasteiger charge is 2.15. The van der Waals surface area contributed by atoms with Crippen LogP contribution in [0, 0.1) is 0 Å². The van der Waals surface area contributed by atoms with E-state index in [0.717, 1.165) is 25.1 Å². The lowest BCUT2D eigenvalue weighted by Crippen LogP contribution is -2.29. The van der Waals surface area contributed by atoms with Crippen molar-refractivity contribution in [3.63, 3.8) is 0 Å². The lowest BCUT2D eigenvalue weighted by Gasteiger charge is -2.24. The third-order valence-electron chi connectivity index (χ3n) is 5.02. The van der Waals surface area contributed by atoms with Crippen LogP contribution in [-0.4, -0.2) is 39.1 Å². The molecule has 0 saturated carbocycles. The molecular weight excluding hydrogens is 498 g/mol. The monoisotopic (exact) mass is 527 g/mol. The van der Waals surface area contributed by atoms with Gasteiger partial charge in [0.25, 0.3) is 10.0 Å². The van der Waals surface area contributed by atoms with Crippen LogP contribution in [0.4, 0.5) is 22.2 Å². The number of nitrogens with one attached hydrogen (secondary N) is 1. The lowest BCUT2D eigenvalue weighted by molar-refractivity contribution is -0.138. The minimum atomic E-state index is -3.71. The Morgan fingerprint density at radius 3 is 2.28 bits per heavy atom. The number of hydrogen-bond acceptors (Lipinski definition) is 9. The summed E-state index contributed by atoms with van der Waals surface area (Å²) in [5, 5.41) is 10.5. The molecular formula is C25H29N5O4S2. The number of esters is 1. The van der Waals surface area contributed by atoms with Crippen molar-refractivity contribution in [2.45, 2.75) is 31.6 Å². The molecule has 3 rings (SSSR count). The highest BCUT2D eigenvalue weighted by atomic mass is 32.2. The third-order valence-corrected chi connectivity index (χ3v) is 7.19. The molecule has 3 aromatic rings. The quantitative estimate of drug-likeness (QED) is 0.164. The van der Waals surface area contributed by atoms with Gasteiger partial charge in [-0.15, -0.1) is 11.3 Å². The van der Waals surface area contributed by atoms with Crippen LogP contribution in [0.5, 0.6) is 0 Å². The summed E-state index contributed by atoms with van der Waals surface area (Å²) in [6.07, 6.45) is 3.60. The molecule has 190 valence electrons. The Bertz CT molecular complexity index is 1270. The average Bonchev–Trinajstić information content (AvgIpc) is 3.37. The van der Waals surface area contributed by atoms with Crippen LogP contribution in [0.15, 0.2) is 87.4 Å². The summed E-state index contributed by atoms with van der Waals surface area (Å²) in [4.78, 5) is 17.9. The largest absolute Gasteiger partial charge is 0.460 e. The van der Waals surface area contributed by atoms with Gasteiger partial charge in [0.2, 0.25) is 0 Å². The molecule has 0 bridgehead atoms. The Balaban J connectivity index is 1.61. The minimum absolute atomic E-state index is 0.113. The molecule has 0 amide bonds. The van der Waals surface area contributed by atoms with Crippen LogP contribution in [0.3, 0.4) is 0 Å². The molecule has 0 aliphatic rings. The second-order valence-corrected chi connectivity index (χ2v) is 10.5. The molecule has 1 aromatic heterocycles. The molecule has 0 aliphatic heterocycles. The van der Waals surface area contributed by atoms with Gasteiger partial charge in [0, 0.05) is 29.4 Å². The smallest absolute Gasteiger partial charge is 0.333 e. The molecule has 11 heteroatoms. The van der Waals surface area contributed by atoms with Gasteiger partial charge >= 0.3 is 5.97 Å². The summed E-state index contributed by atoms with van der Waals surface area (Å²) in [6.45, 7) is 9.05. The molecule has 2 aromatic carbocycles. The molecule has 0 saturated heterocycles. The van der Waals surface area contributed by atoms with Gasteiger partial charge in [-0.05, 0) is 61.9 Å². The second kappa shape index (κ2) is 12.9. The molecule has 1 heterocycles. The van der Waals surface area contributed by atoms with E-state index < -0.39 is 10.0 Å². The highest BCUT2D eigenvalue weighted by molar-refractivity contribution is 7.93. The van der Waals surface area contributed by atoms with Gasteiger partial charge in [-0.3, -0.25) is 4.72 Å². The molecule has 0 atom stereocenters. The molecule has 36 heavy (non-hydrogen) atoms. The number of carbonyl (C=O) groups is 1. The Morgan fingerprint density at radius 2 is 1.72 bits per heavy atom. The zero-order valence-electron chi connectivity index (χ0n) is 20.3. The first-order valence-electron chi connectivity index (χ1n) is 11.4. The number of unbranched alkanes of at least 4 members (excludes halogenated alkanes) is 1. The van der Waals surface area contributed by atoms with E-state index >= 15 is 0 Å². The fourth-order valence-electron chi connectivity index (χ4n) is 3.08.